The van der Waals surface area contributed by atoms with Crippen molar-refractivity contribution in [3.63, 3.8) is 0 Å². The van der Waals surface area contributed by atoms with Crippen molar-refractivity contribution >= 4 is 20.8 Å². The Bertz CT molecular complexity index is 682. The first-order chi connectivity index (χ1) is 11.6. The number of rotatable bonds is 4. The van der Waals surface area contributed by atoms with Gasteiger partial charge >= 0.3 is 0 Å². The molecule has 10 heteroatoms. The van der Waals surface area contributed by atoms with Gasteiger partial charge in [-0.25, -0.2) is 9.50 Å². The molecular weight excluding hydrogens is 333 g/mol. The van der Waals surface area contributed by atoms with Crippen LogP contribution in [0, 0.1) is 0 Å². The molecular formula is C14H24N5O4P. The fourth-order valence-electron chi connectivity index (χ4n) is 2.52. The van der Waals surface area contributed by atoms with E-state index in [0.29, 0.717) is 23.8 Å². The van der Waals surface area contributed by atoms with Crippen LogP contribution in [-0.2, 0) is 4.74 Å². The predicted molar refractivity (Wildman–Crippen MR) is 91.9 cm³/mol. The maximum absolute atomic E-state index is 10.1. The number of nitrogens with zero attached hydrogens (tertiary/aromatic N) is 4. The van der Waals surface area contributed by atoms with E-state index in [2.05, 4.69) is 24.3 Å². The number of ether oxygens (including phenoxy) is 2. The van der Waals surface area contributed by atoms with Crippen molar-refractivity contribution < 1.29 is 19.7 Å². The molecule has 1 aliphatic heterocycles. The zero-order valence-corrected chi connectivity index (χ0v) is 15.1. The lowest BCUT2D eigenvalue weighted by atomic mass is 10.1. The second-order valence-electron chi connectivity index (χ2n) is 4.97. The Morgan fingerprint density at radius 1 is 1.46 bits per heavy atom. The third-order valence-electron chi connectivity index (χ3n) is 3.57. The third kappa shape index (κ3) is 3.30. The van der Waals surface area contributed by atoms with Crippen LogP contribution in [0.1, 0.15) is 32.6 Å². The van der Waals surface area contributed by atoms with E-state index in [1.165, 1.54) is 4.52 Å². The summed E-state index contributed by atoms with van der Waals surface area (Å²) in [5, 5.41) is 23.5. The molecule has 2 aromatic rings. The number of aliphatic hydroxyl groups excluding tert-OH is 2. The van der Waals surface area contributed by atoms with E-state index in [-0.39, 0.29) is 18.2 Å². The van der Waals surface area contributed by atoms with Gasteiger partial charge in [0.15, 0.2) is 0 Å². The van der Waals surface area contributed by atoms with Gasteiger partial charge in [-0.15, -0.1) is 14.3 Å². The first-order valence-corrected chi connectivity index (χ1v) is 8.57. The second kappa shape index (κ2) is 8.02. The summed E-state index contributed by atoms with van der Waals surface area (Å²) in [5.41, 5.74) is 6.44. The van der Waals surface area contributed by atoms with Crippen LogP contribution in [0.5, 0.6) is 5.88 Å². The Morgan fingerprint density at radius 2 is 2.17 bits per heavy atom. The normalized spacial score (nSPS) is 26.2. The highest BCUT2D eigenvalue weighted by atomic mass is 31.0. The zero-order chi connectivity index (χ0) is 17.9. The monoisotopic (exact) mass is 357 g/mol. The summed E-state index contributed by atoms with van der Waals surface area (Å²) in [6.45, 7) is 5.99. The summed E-state index contributed by atoms with van der Waals surface area (Å²) in [4.78, 5) is 8.28. The maximum atomic E-state index is 10.1. The van der Waals surface area contributed by atoms with E-state index in [9.17, 15) is 10.2 Å². The average molecular weight is 357 g/mol. The molecule has 134 valence electrons. The van der Waals surface area contributed by atoms with E-state index in [0.717, 1.165) is 0 Å². The number of anilines is 1. The Labute approximate surface area is 142 Å². The summed E-state index contributed by atoms with van der Waals surface area (Å²) in [5.74, 6) is 0.339. The van der Waals surface area contributed by atoms with Gasteiger partial charge in [0.05, 0.1) is 31.2 Å². The van der Waals surface area contributed by atoms with Gasteiger partial charge in [0, 0.05) is 5.66 Å². The Kier molecular flexibility index (Phi) is 6.28. The van der Waals surface area contributed by atoms with Crippen LogP contribution in [0.2, 0.25) is 0 Å². The molecule has 5 atom stereocenters. The van der Waals surface area contributed by atoms with E-state index in [4.69, 9.17) is 15.2 Å². The molecule has 0 radical (unpaired) electrons. The topological polar surface area (TPSA) is 128 Å². The maximum Gasteiger partial charge on any atom is 0.263 e. The minimum Gasteiger partial charge on any atom is -0.475 e. The highest BCUT2D eigenvalue weighted by Crippen LogP contribution is 2.38. The van der Waals surface area contributed by atoms with Gasteiger partial charge in [-0.2, -0.15) is 4.98 Å². The molecule has 1 fully saturated rings. The summed E-state index contributed by atoms with van der Waals surface area (Å²) < 4.78 is 12.6. The molecule has 0 spiro atoms. The van der Waals surface area contributed by atoms with Crippen LogP contribution < -0.4 is 10.5 Å². The van der Waals surface area contributed by atoms with Gasteiger partial charge < -0.3 is 25.4 Å². The predicted octanol–water partition coefficient (Wildman–Crippen LogP) is 0.168. The van der Waals surface area contributed by atoms with Crippen molar-refractivity contribution in [2.45, 2.75) is 44.7 Å². The SMILES string of the molecule is CC.CCOc1nc(N)nn2c([C@@H]3OC(CO)[C@@H](O)[C@H]3P)cnc12. The summed E-state index contributed by atoms with van der Waals surface area (Å²) in [6.07, 6.45) is -0.351. The minimum atomic E-state index is -0.795. The van der Waals surface area contributed by atoms with Gasteiger partial charge in [-0.3, -0.25) is 0 Å². The quantitative estimate of drug-likeness (QED) is 0.661. The van der Waals surface area contributed by atoms with Crippen LogP contribution in [0.25, 0.3) is 5.65 Å². The Hall–Kier alpha value is -1.54. The molecule has 24 heavy (non-hydrogen) atoms. The molecule has 0 amide bonds. The van der Waals surface area contributed by atoms with Crippen LogP contribution >= 0.6 is 9.24 Å². The molecule has 4 N–H and O–H groups in total. The van der Waals surface area contributed by atoms with Crippen LogP contribution in [0.3, 0.4) is 0 Å². The lowest BCUT2D eigenvalue weighted by molar-refractivity contribution is -0.0240. The molecule has 9 nitrogen and oxygen atoms in total. The van der Waals surface area contributed by atoms with Crippen LogP contribution in [-0.4, -0.2) is 60.9 Å². The molecule has 0 aliphatic carbocycles. The molecule has 2 unspecified atom stereocenters. The lowest BCUT2D eigenvalue weighted by Crippen LogP contribution is -2.29. The Morgan fingerprint density at radius 3 is 2.75 bits per heavy atom. The van der Waals surface area contributed by atoms with Gasteiger partial charge in [0.1, 0.15) is 12.2 Å². The van der Waals surface area contributed by atoms with Crippen molar-refractivity contribution in [2.75, 3.05) is 18.9 Å². The molecule has 0 bridgehead atoms. The van der Waals surface area contributed by atoms with Gasteiger partial charge in [0.25, 0.3) is 5.88 Å². The molecule has 1 saturated heterocycles. The standard InChI is InChI=1S/C12H18N5O4P.C2H6/c1-2-20-11-10-14-3-5(17(10)16-12(13)15-11)8-9(22)7(19)6(4-18)21-8;1-2/h3,6-9,18-19H,2,4,22H2,1H3,(H2,13,16);1-2H3/t6?,7-,8+,9-;/m1./s1. The van der Waals surface area contributed by atoms with Crippen LogP contribution in [0.4, 0.5) is 5.95 Å². The summed E-state index contributed by atoms with van der Waals surface area (Å²) in [7, 11) is 2.53. The zero-order valence-electron chi connectivity index (χ0n) is 14.0. The number of hydrogen-bond donors (Lipinski definition) is 3. The number of nitrogens with two attached hydrogens (primary N) is 1. The summed E-state index contributed by atoms with van der Waals surface area (Å²) in [6, 6.07) is 0. The molecule has 0 aromatic carbocycles. The number of imidazole rings is 1. The number of aromatic nitrogens is 4. The van der Waals surface area contributed by atoms with Crippen molar-refractivity contribution in [1.82, 2.24) is 19.6 Å². The van der Waals surface area contributed by atoms with Crippen molar-refractivity contribution in [2.24, 2.45) is 0 Å². The number of nitrogen functional groups attached to an aromatic ring is 1. The molecule has 2 aromatic heterocycles. The van der Waals surface area contributed by atoms with Gasteiger partial charge in [-0.1, -0.05) is 13.8 Å². The molecule has 3 heterocycles. The Balaban J connectivity index is 0.00000100. The molecule has 3 rings (SSSR count). The van der Waals surface area contributed by atoms with Crippen LogP contribution in [0.15, 0.2) is 6.20 Å². The van der Waals surface area contributed by atoms with Gasteiger partial charge in [0.2, 0.25) is 11.6 Å². The average Bonchev–Trinajstić information content (AvgIpc) is 3.12. The first kappa shape index (κ1) is 18.8. The minimum absolute atomic E-state index is 0.0489. The number of hydrogen-bond acceptors (Lipinski definition) is 8. The lowest BCUT2D eigenvalue weighted by Gasteiger charge is -2.14. The molecule has 0 saturated carbocycles. The second-order valence-corrected chi connectivity index (χ2v) is 5.74. The van der Waals surface area contributed by atoms with Gasteiger partial charge in [-0.05, 0) is 6.92 Å². The van der Waals surface area contributed by atoms with E-state index in [1.54, 1.807) is 6.20 Å². The van der Waals surface area contributed by atoms with Crippen molar-refractivity contribution in [1.29, 1.82) is 0 Å². The summed E-state index contributed by atoms with van der Waals surface area (Å²) >= 11 is 0. The fraction of sp³-hybridized carbons (Fsp3) is 0.643. The van der Waals surface area contributed by atoms with E-state index < -0.39 is 18.3 Å². The van der Waals surface area contributed by atoms with Crippen molar-refractivity contribution in [3.8, 4) is 5.88 Å². The van der Waals surface area contributed by atoms with Crippen molar-refractivity contribution in [3.05, 3.63) is 11.9 Å². The first-order valence-electron chi connectivity index (χ1n) is 7.90. The highest BCUT2D eigenvalue weighted by molar-refractivity contribution is 7.17. The van der Waals surface area contributed by atoms with E-state index in [1.807, 2.05) is 20.8 Å². The third-order valence-corrected chi connectivity index (χ3v) is 4.32. The number of aliphatic hydroxyl groups is 2. The largest absolute Gasteiger partial charge is 0.475 e. The smallest absolute Gasteiger partial charge is 0.263 e. The highest BCUT2D eigenvalue weighted by Gasteiger charge is 2.43. The fourth-order valence-corrected chi connectivity index (χ4v) is 3.06. The number of fused-ring (bicyclic) bond motifs is 1. The van der Waals surface area contributed by atoms with E-state index >= 15 is 0 Å². The molecule has 1 aliphatic rings.